The number of para-hydroxylation sites is 1. The van der Waals surface area contributed by atoms with Crippen LogP contribution in [0.4, 0.5) is 0 Å². The fraction of sp³-hybridized carbons (Fsp3) is 0.240. The van der Waals surface area contributed by atoms with Crippen LogP contribution in [-0.4, -0.2) is 18.6 Å². The topological polar surface area (TPSA) is 77.4 Å². The maximum atomic E-state index is 13.3. The molecular weight excluding hydrogens is 492 g/mol. The molecular formula is C25H23ClN2O4S2. The van der Waals surface area contributed by atoms with E-state index in [1.807, 2.05) is 50.2 Å². The molecule has 0 saturated heterocycles. The number of sulfonamides is 1. The lowest BCUT2D eigenvalue weighted by molar-refractivity contribution is 0.0702. The Hall–Kier alpha value is -2.65. The van der Waals surface area contributed by atoms with Crippen molar-refractivity contribution in [1.82, 2.24) is 9.29 Å². The van der Waals surface area contributed by atoms with Crippen LogP contribution in [0.1, 0.15) is 37.4 Å². The summed E-state index contributed by atoms with van der Waals surface area (Å²) in [6, 6.07) is 19.2. The van der Waals surface area contributed by atoms with Gasteiger partial charge >= 0.3 is 4.87 Å². The summed E-state index contributed by atoms with van der Waals surface area (Å²) in [5.74, 6) is 0.680. The lowest BCUT2D eigenvalue weighted by Gasteiger charge is -2.37. The molecule has 0 aliphatic carbocycles. The lowest BCUT2D eigenvalue weighted by atomic mass is 9.90. The molecule has 0 saturated carbocycles. The molecule has 34 heavy (non-hydrogen) atoms. The minimum absolute atomic E-state index is 0.127. The summed E-state index contributed by atoms with van der Waals surface area (Å²) in [5, 5.41) is 0.629. The second-order valence-corrected chi connectivity index (χ2v) is 12.1. The third kappa shape index (κ3) is 4.51. The van der Waals surface area contributed by atoms with Gasteiger partial charge in [-0.15, -0.1) is 0 Å². The van der Waals surface area contributed by atoms with E-state index in [0.717, 1.165) is 22.5 Å². The number of benzene rings is 3. The van der Waals surface area contributed by atoms with Crippen molar-refractivity contribution in [1.29, 1.82) is 0 Å². The summed E-state index contributed by atoms with van der Waals surface area (Å²) in [6.07, 6.45) is 0.496. The van der Waals surface area contributed by atoms with Gasteiger partial charge in [-0.1, -0.05) is 53.3 Å². The first kappa shape index (κ1) is 23.1. The van der Waals surface area contributed by atoms with E-state index in [1.54, 1.807) is 34.9 Å². The summed E-state index contributed by atoms with van der Waals surface area (Å²) in [5.41, 5.74) is 1.93. The fourth-order valence-corrected chi connectivity index (χ4v) is 6.67. The molecule has 1 aromatic heterocycles. The number of thiazole rings is 1. The van der Waals surface area contributed by atoms with Crippen LogP contribution in [0.25, 0.3) is 10.2 Å². The van der Waals surface area contributed by atoms with Crippen LogP contribution >= 0.6 is 22.9 Å². The zero-order valence-corrected chi connectivity index (χ0v) is 21.0. The number of hydrogen-bond donors (Lipinski definition) is 1. The number of rotatable bonds is 5. The second-order valence-electron chi connectivity index (χ2n) is 8.99. The number of nitrogens with one attached hydrogen (secondary N) is 1. The molecule has 4 aromatic rings. The average molecular weight is 515 g/mol. The van der Waals surface area contributed by atoms with Gasteiger partial charge < -0.3 is 4.74 Å². The van der Waals surface area contributed by atoms with Crippen LogP contribution in [0.2, 0.25) is 5.02 Å². The Morgan fingerprint density at radius 3 is 2.62 bits per heavy atom. The van der Waals surface area contributed by atoms with Gasteiger partial charge in [-0.3, -0.25) is 9.36 Å². The van der Waals surface area contributed by atoms with Crippen LogP contribution in [-0.2, 0) is 16.6 Å². The van der Waals surface area contributed by atoms with Crippen molar-refractivity contribution < 1.29 is 13.2 Å². The minimum Gasteiger partial charge on any atom is -0.487 e. The van der Waals surface area contributed by atoms with E-state index in [4.69, 9.17) is 16.3 Å². The van der Waals surface area contributed by atoms with Gasteiger partial charge in [0.2, 0.25) is 10.0 Å². The Kier molecular flexibility index (Phi) is 5.80. The maximum absolute atomic E-state index is 13.3. The van der Waals surface area contributed by atoms with E-state index in [1.165, 1.54) is 0 Å². The summed E-state index contributed by atoms with van der Waals surface area (Å²) in [7, 11) is -3.84. The quantitative estimate of drug-likeness (QED) is 0.389. The Morgan fingerprint density at radius 2 is 1.85 bits per heavy atom. The fourth-order valence-electron chi connectivity index (χ4n) is 4.30. The zero-order chi connectivity index (χ0) is 24.1. The van der Waals surface area contributed by atoms with E-state index in [9.17, 15) is 13.2 Å². The zero-order valence-electron chi connectivity index (χ0n) is 18.6. The van der Waals surface area contributed by atoms with Gasteiger partial charge in [0.05, 0.1) is 27.7 Å². The first-order valence-corrected chi connectivity index (χ1v) is 13.5. The number of hydrogen-bond acceptors (Lipinski definition) is 5. The number of nitrogens with zero attached hydrogens (tertiary/aromatic N) is 1. The molecule has 3 aromatic carbocycles. The predicted molar refractivity (Wildman–Crippen MR) is 135 cm³/mol. The minimum atomic E-state index is -3.84. The maximum Gasteiger partial charge on any atom is 0.308 e. The molecule has 0 radical (unpaired) electrons. The van der Waals surface area contributed by atoms with Crippen LogP contribution in [0.15, 0.2) is 76.4 Å². The first-order valence-electron chi connectivity index (χ1n) is 10.8. The third-order valence-electron chi connectivity index (χ3n) is 5.88. The van der Waals surface area contributed by atoms with Crippen molar-refractivity contribution in [3.8, 4) is 5.75 Å². The van der Waals surface area contributed by atoms with Crippen molar-refractivity contribution in [2.24, 2.45) is 0 Å². The number of fused-ring (bicyclic) bond motifs is 2. The van der Waals surface area contributed by atoms with Crippen LogP contribution < -0.4 is 14.3 Å². The SMILES string of the molecule is CC1(C)CC(NS(=O)(=O)c2ccc3c(c2)sc(=O)n3Cc2ccc(Cl)cc2)c2ccccc2O1. The normalized spacial score (nSPS) is 17.3. The molecule has 0 fully saturated rings. The van der Waals surface area contributed by atoms with E-state index < -0.39 is 21.7 Å². The molecule has 9 heteroatoms. The molecule has 1 aliphatic rings. The largest absolute Gasteiger partial charge is 0.487 e. The Morgan fingerprint density at radius 1 is 1.12 bits per heavy atom. The van der Waals surface area contributed by atoms with E-state index >= 15 is 0 Å². The Bertz CT molecular complexity index is 1540. The summed E-state index contributed by atoms with van der Waals surface area (Å²) in [4.78, 5) is 12.7. The molecule has 1 N–H and O–H groups in total. The average Bonchev–Trinajstić information content (AvgIpc) is 3.08. The standard InChI is InChI=1S/C25H23ClN2O4S2/c1-25(2)14-20(19-5-3-4-6-22(19)32-25)27-34(30,31)18-11-12-21-23(13-18)33-24(29)28(21)15-16-7-9-17(26)10-8-16/h3-13,20,27H,14-15H2,1-2H3. The van der Waals surface area contributed by atoms with E-state index in [0.29, 0.717) is 34.0 Å². The molecule has 0 spiro atoms. The highest BCUT2D eigenvalue weighted by Gasteiger charge is 2.36. The van der Waals surface area contributed by atoms with Gasteiger partial charge in [0.25, 0.3) is 0 Å². The number of aromatic nitrogens is 1. The molecule has 1 unspecified atom stereocenters. The molecule has 1 aliphatic heterocycles. The molecule has 176 valence electrons. The smallest absolute Gasteiger partial charge is 0.308 e. The van der Waals surface area contributed by atoms with Gasteiger partial charge in [-0.25, -0.2) is 13.1 Å². The summed E-state index contributed by atoms with van der Waals surface area (Å²) >= 11 is 6.99. The summed E-state index contributed by atoms with van der Waals surface area (Å²) < 4.78 is 37.8. The monoisotopic (exact) mass is 514 g/mol. The van der Waals surface area contributed by atoms with Gasteiger partial charge in [0.15, 0.2) is 0 Å². The van der Waals surface area contributed by atoms with E-state index in [2.05, 4.69) is 4.72 Å². The Balaban J connectivity index is 1.46. The van der Waals surface area contributed by atoms with Crippen molar-refractivity contribution in [3.63, 3.8) is 0 Å². The van der Waals surface area contributed by atoms with Crippen LogP contribution in [0.5, 0.6) is 5.75 Å². The molecule has 2 heterocycles. The third-order valence-corrected chi connectivity index (χ3v) is 8.54. The predicted octanol–water partition coefficient (Wildman–Crippen LogP) is 5.35. The highest BCUT2D eigenvalue weighted by atomic mass is 35.5. The lowest BCUT2D eigenvalue weighted by Crippen LogP contribution is -2.41. The molecule has 1 atom stereocenters. The van der Waals surface area contributed by atoms with Gasteiger partial charge in [-0.05, 0) is 55.8 Å². The second kappa shape index (κ2) is 8.53. The number of halogens is 1. The highest BCUT2D eigenvalue weighted by molar-refractivity contribution is 7.89. The first-order chi connectivity index (χ1) is 16.1. The van der Waals surface area contributed by atoms with Crippen molar-refractivity contribution in [2.75, 3.05) is 0 Å². The molecule has 0 bridgehead atoms. The van der Waals surface area contributed by atoms with Crippen LogP contribution in [0.3, 0.4) is 0 Å². The van der Waals surface area contributed by atoms with Gasteiger partial charge in [-0.2, -0.15) is 0 Å². The van der Waals surface area contributed by atoms with Gasteiger partial charge in [0, 0.05) is 17.0 Å². The van der Waals surface area contributed by atoms with E-state index in [-0.39, 0.29) is 9.77 Å². The van der Waals surface area contributed by atoms with Gasteiger partial charge in [0.1, 0.15) is 11.4 Å². The van der Waals surface area contributed by atoms with Crippen molar-refractivity contribution in [2.45, 2.75) is 43.4 Å². The van der Waals surface area contributed by atoms with Crippen molar-refractivity contribution >= 4 is 43.2 Å². The number of ether oxygens (including phenoxy) is 1. The van der Waals surface area contributed by atoms with Crippen LogP contribution in [0, 0.1) is 0 Å². The Labute approximate surface area is 206 Å². The summed E-state index contributed by atoms with van der Waals surface area (Å²) in [6.45, 7) is 4.27. The molecule has 5 rings (SSSR count). The molecule has 0 amide bonds. The van der Waals surface area contributed by atoms with Crippen molar-refractivity contribution in [3.05, 3.63) is 92.5 Å². The molecule has 6 nitrogen and oxygen atoms in total. The highest BCUT2D eigenvalue weighted by Crippen LogP contribution is 2.40.